The van der Waals surface area contributed by atoms with Crippen molar-refractivity contribution in [3.63, 3.8) is 0 Å². The molecular formula is C12H24N2O3. The van der Waals surface area contributed by atoms with Crippen LogP contribution in [0.25, 0.3) is 0 Å². The van der Waals surface area contributed by atoms with Gasteiger partial charge in [0, 0.05) is 19.6 Å². The van der Waals surface area contributed by atoms with Crippen molar-refractivity contribution in [1.29, 1.82) is 0 Å². The molecule has 5 heteroatoms. The first kappa shape index (κ1) is 15.7. The Kier molecular flexibility index (Phi) is 5.45. The molecule has 0 aliphatic carbocycles. The lowest BCUT2D eigenvalue weighted by Crippen LogP contribution is -2.48. The topological polar surface area (TPSA) is 69.6 Å². The van der Waals surface area contributed by atoms with E-state index in [2.05, 4.69) is 26.1 Å². The van der Waals surface area contributed by atoms with Crippen molar-refractivity contribution in [3.05, 3.63) is 0 Å². The molecule has 0 bridgehead atoms. The van der Waals surface area contributed by atoms with Gasteiger partial charge in [-0.05, 0) is 12.3 Å². The fourth-order valence-corrected chi connectivity index (χ4v) is 1.21. The zero-order chi connectivity index (χ0) is 13.8. The van der Waals surface area contributed by atoms with Gasteiger partial charge >= 0.3 is 12.0 Å². The number of nitrogens with one attached hydrogen (secondary N) is 1. The van der Waals surface area contributed by atoms with Crippen molar-refractivity contribution in [2.45, 2.75) is 40.7 Å². The van der Waals surface area contributed by atoms with Gasteiger partial charge in [-0.1, -0.05) is 27.7 Å². The van der Waals surface area contributed by atoms with Gasteiger partial charge < -0.3 is 15.3 Å². The smallest absolute Gasteiger partial charge is 0.317 e. The molecule has 17 heavy (non-hydrogen) atoms. The molecule has 0 aliphatic rings. The molecule has 5 nitrogen and oxygen atoms in total. The quantitative estimate of drug-likeness (QED) is 0.792. The number of carbonyl (C=O) groups excluding carboxylic acids is 1. The van der Waals surface area contributed by atoms with Crippen LogP contribution in [0.15, 0.2) is 0 Å². The van der Waals surface area contributed by atoms with Gasteiger partial charge in [0.05, 0.1) is 5.92 Å². The van der Waals surface area contributed by atoms with Crippen molar-refractivity contribution >= 4 is 12.0 Å². The third-order valence-electron chi connectivity index (χ3n) is 3.14. The fraction of sp³-hybridized carbons (Fsp3) is 0.833. The Morgan fingerprint density at radius 1 is 1.29 bits per heavy atom. The Bertz CT molecular complexity index is 284. The Balaban J connectivity index is 4.29. The summed E-state index contributed by atoms with van der Waals surface area (Å²) in [7, 11) is 1.72. The van der Waals surface area contributed by atoms with Crippen LogP contribution in [-0.4, -0.2) is 41.6 Å². The number of hydrogen-bond donors (Lipinski definition) is 2. The van der Waals surface area contributed by atoms with E-state index in [1.54, 1.807) is 18.9 Å². The van der Waals surface area contributed by atoms with Gasteiger partial charge in [-0.3, -0.25) is 4.79 Å². The molecule has 0 radical (unpaired) electrons. The SMILES string of the molecule is CC(CNC(=O)N(C)C(C)C(C)(C)C)C(=O)O. The maximum atomic E-state index is 11.8. The minimum Gasteiger partial charge on any atom is -0.481 e. The predicted octanol–water partition coefficient (Wildman–Crippen LogP) is 1.78. The maximum Gasteiger partial charge on any atom is 0.317 e. The third-order valence-corrected chi connectivity index (χ3v) is 3.14. The number of rotatable bonds is 4. The molecule has 0 saturated heterocycles. The number of hydrogen-bond acceptors (Lipinski definition) is 2. The van der Waals surface area contributed by atoms with Crippen molar-refractivity contribution in [1.82, 2.24) is 10.2 Å². The van der Waals surface area contributed by atoms with Crippen LogP contribution in [0, 0.1) is 11.3 Å². The lowest BCUT2D eigenvalue weighted by Gasteiger charge is -2.35. The van der Waals surface area contributed by atoms with E-state index >= 15 is 0 Å². The summed E-state index contributed by atoms with van der Waals surface area (Å²) < 4.78 is 0. The van der Waals surface area contributed by atoms with Gasteiger partial charge in [0.1, 0.15) is 0 Å². The van der Waals surface area contributed by atoms with Gasteiger partial charge in [0.15, 0.2) is 0 Å². The first-order chi connectivity index (χ1) is 7.57. The molecule has 0 spiro atoms. The van der Waals surface area contributed by atoms with Crippen molar-refractivity contribution in [2.24, 2.45) is 11.3 Å². The second kappa shape index (κ2) is 5.89. The van der Waals surface area contributed by atoms with Crippen LogP contribution in [0.2, 0.25) is 0 Å². The highest BCUT2D eigenvalue weighted by Gasteiger charge is 2.27. The highest BCUT2D eigenvalue weighted by atomic mass is 16.4. The van der Waals surface area contributed by atoms with Crippen molar-refractivity contribution in [3.8, 4) is 0 Å². The highest BCUT2D eigenvalue weighted by molar-refractivity contribution is 5.76. The van der Waals surface area contributed by atoms with E-state index in [0.717, 1.165) is 0 Å². The van der Waals surface area contributed by atoms with Crippen LogP contribution in [0.4, 0.5) is 4.79 Å². The van der Waals surface area contributed by atoms with E-state index in [4.69, 9.17) is 5.11 Å². The first-order valence-corrected chi connectivity index (χ1v) is 5.80. The summed E-state index contributed by atoms with van der Waals surface area (Å²) in [6.45, 7) is 9.86. The molecule has 2 N–H and O–H groups in total. The molecule has 0 aliphatic heterocycles. The number of carboxylic acids is 1. The van der Waals surface area contributed by atoms with E-state index in [1.807, 2.05) is 6.92 Å². The largest absolute Gasteiger partial charge is 0.481 e. The molecule has 0 fully saturated rings. The predicted molar refractivity (Wildman–Crippen MR) is 66.9 cm³/mol. The molecule has 100 valence electrons. The third kappa shape index (κ3) is 5.06. The summed E-state index contributed by atoms with van der Waals surface area (Å²) in [6, 6.07) is -0.164. The normalized spacial score (nSPS) is 14.9. The summed E-state index contributed by atoms with van der Waals surface area (Å²) in [5, 5.41) is 11.3. The number of amides is 2. The number of carboxylic acid groups (broad SMARTS) is 1. The minimum absolute atomic E-state index is 0.00942. The van der Waals surface area contributed by atoms with Gasteiger partial charge in [-0.25, -0.2) is 4.79 Å². The summed E-state index contributed by atoms with van der Waals surface area (Å²) in [5.41, 5.74) is -0.00942. The van der Waals surface area contributed by atoms with E-state index in [9.17, 15) is 9.59 Å². The molecule has 2 amide bonds. The second-order valence-electron chi connectivity index (χ2n) is 5.58. The van der Waals surface area contributed by atoms with Crippen LogP contribution in [-0.2, 0) is 4.79 Å². The maximum absolute atomic E-state index is 11.8. The van der Waals surface area contributed by atoms with Crippen LogP contribution >= 0.6 is 0 Å². The Hall–Kier alpha value is -1.26. The van der Waals surface area contributed by atoms with Gasteiger partial charge in [0.25, 0.3) is 0 Å². The number of nitrogens with zero attached hydrogens (tertiary/aromatic N) is 1. The molecule has 2 atom stereocenters. The van der Waals surface area contributed by atoms with Crippen molar-refractivity contribution in [2.75, 3.05) is 13.6 Å². The monoisotopic (exact) mass is 244 g/mol. The van der Waals surface area contributed by atoms with E-state index in [0.29, 0.717) is 0 Å². The Labute approximate surface area is 103 Å². The second-order valence-corrected chi connectivity index (χ2v) is 5.58. The van der Waals surface area contributed by atoms with Crippen LogP contribution in [0.3, 0.4) is 0 Å². The number of aliphatic carboxylic acids is 1. The lowest BCUT2D eigenvalue weighted by atomic mass is 9.87. The van der Waals surface area contributed by atoms with Crippen LogP contribution in [0.1, 0.15) is 34.6 Å². The Morgan fingerprint density at radius 3 is 2.12 bits per heavy atom. The number of urea groups is 1. The fourth-order valence-electron chi connectivity index (χ4n) is 1.21. The van der Waals surface area contributed by atoms with Gasteiger partial charge in [-0.2, -0.15) is 0 Å². The van der Waals surface area contributed by atoms with Crippen molar-refractivity contribution < 1.29 is 14.7 Å². The summed E-state index contributed by atoms with van der Waals surface area (Å²) in [4.78, 5) is 24.0. The zero-order valence-electron chi connectivity index (χ0n) is 11.6. The van der Waals surface area contributed by atoms with E-state index in [1.165, 1.54) is 0 Å². The lowest BCUT2D eigenvalue weighted by molar-refractivity contribution is -0.140. The minimum atomic E-state index is -0.906. The highest BCUT2D eigenvalue weighted by Crippen LogP contribution is 2.22. The number of carbonyl (C=O) groups is 2. The molecule has 0 aromatic heterocycles. The molecule has 2 unspecified atom stereocenters. The summed E-state index contributed by atoms with van der Waals surface area (Å²) >= 11 is 0. The molecule has 0 aromatic rings. The van der Waals surface area contributed by atoms with Gasteiger partial charge in [0.2, 0.25) is 0 Å². The molecular weight excluding hydrogens is 220 g/mol. The summed E-state index contributed by atoms with van der Waals surface area (Å²) in [5.74, 6) is -1.48. The molecule has 0 saturated carbocycles. The first-order valence-electron chi connectivity index (χ1n) is 5.80. The zero-order valence-corrected chi connectivity index (χ0v) is 11.6. The molecule has 0 aromatic carbocycles. The average Bonchev–Trinajstić information content (AvgIpc) is 2.21. The molecule has 0 rings (SSSR count). The van der Waals surface area contributed by atoms with Crippen LogP contribution in [0.5, 0.6) is 0 Å². The van der Waals surface area contributed by atoms with Crippen LogP contribution < -0.4 is 5.32 Å². The Morgan fingerprint density at radius 2 is 1.76 bits per heavy atom. The van der Waals surface area contributed by atoms with Gasteiger partial charge in [-0.15, -0.1) is 0 Å². The van der Waals surface area contributed by atoms with E-state index in [-0.39, 0.29) is 24.0 Å². The van der Waals surface area contributed by atoms with E-state index < -0.39 is 11.9 Å². The standard InChI is InChI=1S/C12H24N2O3/c1-8(10(15)16)7-13-11(17)14(6)9(2)12(3,4)5/h8-9H,7H2,1-6H3,(H,13,17)(H,15,16). The summed E-state index contributed by atoms with van der Waals surface area (Å²) in [6.07, 6.45) is 0. The molecule has 0 heterocycles. The average molecular weight is 244 g/mol.